The zero-order chi connectivity index (χ0) is 17.2. The summed E-state index contributed by atoms with van der Waals surface area (Å²) in [4.78, 5) is 14.8. The fourth-order valence-electron chi connectivity index (χ4n) is 3.42. The smallest absolute Gasteiger partial charge is 0.261 e. The van der Waals surface area contributed by atoms with Gasteiger partial charge in [0.1, 0.15) is 0 Å². The van der Waals surface area contributed by atoms with Crippen molar-refractivity contribution in [1.29, 1.82) is 0 Å². The monoisotopic (exact) mass is 332 g/mol. The van der Waals surface area contributed by atoms with Crippen LogP contribution in [0.3, 0.4) is 0 Å². The number of hydrogen-bond acceptors (Lipinski definition) is 3. The van der Waals surface area contributed by atoms with Gasteiger partial charge >= 0.3 is 0 Å². The topological polar surface area (TPSA) is 64.2 Å². The van der Waals surface area contributed by atoms with Crippen molar-refractivity contribution in [3.05, 3.63) is 72.1 Å². The summed E-state index contributed by atoms with van der Waals surface area (Å²) in [5, 5.41) is 4.21. The third kappa shape index (κ3) is 2.83. The van der Waals surface area contributed by atoms with Crippen LogP contribution in [0.5, 0.6) is 0 Å². The van der Waals surface area contributed by atoms with Crippen LogP contribution in [0, 0.1) is 0 Å². The third-order valence-electron chi connectivity index (χ3n) is 4.60. The van der Waals surface area contributed by atoms with Gasteiger partial charge in [-0.05, 0) is 29.2 Å². The Morgan fingerprint density at radius 1 is 1.12 bits per heavy atom. The Bertz CT molecular complexity index is 901. The third-order valence-corrected chi connectivity index (χ3v) is 4.60. The van der Waals surface area contributed by atoms with Crippen molar-refractivity contribution in [3.8, 4) is 11.1 Å². The fraction of sp³-hybridized carbons (Fsp3) is 0.200. The molecule has 0 saturated carbocycles. The molecule has 5 nitrogen and oxygen atoms in total. The Morgan fingerprint density at radius 3 is 2.76 bits per heavy atom. The molecule has 126 valence electrons. The quantitative estimate of drug-likeness (QED) is 0.799. The molecule has 2 aromatic carbocycles. The molecule has 2 heterocycles. The second-order valence-corrected chi connectivity index (χ2v) is 6.16. The van der Waals surface area contributed by atoms with Crippen molar-refractivity contribution < 1.29 is 4.79 Å². The number of carbonyl (C=O) groups is 1. The number of aromatic nitrogens is 2. The zero-order valence-electron chi connectivity index (χ0n) is 13.9. The van der Waals surface area contributed by atoms with Gasteiger partial charge in [0.25, 0.3) is 5.91 Å². The summed E-state index contributed by atoms with van der Waals surface area (Å²) < 4.78 is 1.71. The summed E-state index contributed by atoms with van der Waals surface area (Å²) >= 11 is 0. The van der Waals surface area contributed by atoms with Crippen molar-refractivity contribution in [2.45, 2.75) is 13.0 Å². The number of rotatable bonds is 4. The Kier molecular flexibility index (Phi) is 4.07. The van der Waals surface area contributed by atoms with E-state index in [1.807, 2.05) is 35.2 Å². The number of hydrogen-bond donors (Lipinski definition) is 1. The summed E-state index contributed by atoms with van der Waals surface area (Å²) in [6, 6.07) is 16.5. The van der Waals surface area contributed by atoms with E-state index in [1.54, 1.807) is 17.1 Å². The second kappa shape index (κ2) is 6.53. The van der Waals surface area contributed by atoms with Gasteiger partial charge in [0.2, 0.25) is 0 Å². The molecule has 4 rings (SSSR count). The van der Waals surface area contributed by atoms with Gasteiger partial charge in [-0.15, -0.1) is 0 Å². The molecule has 1 aliphatic rings. The van der Waals surface area contributed by atoms with Crippen LogP contribution in [0.25, 0.3) is 11.1 Å². The van der Waals surface area contributed by atoms with Gasteiger partial charge in [-0.25, -0.2) is 0 Å². The minimum Gasteiger partial charge on any atom is -0.329 e. The molecular formula is C20H20N4O. The molecule has 1 amide bonds. The standard InChI is InChI=1S/C20H20N4O/c21-10-12-23-14-16(13-22-23)20(25)24-11-9-18-17(7-4-8-19(18)24)15-5-2-1-3-6-15/h1-8,13-14H,9-12,21H2. The molecule has 1 aromatic heterocycles. The summed E-state index contributed by atoms with van der Waals surface area (Å²) in [6.45, 7) is 1.81. The van der Waals surface area contributed by atoms with E-state index in [0.717, 1.165) is 12.1 Å². The zero-order valence-corrected chi connectivity index (χ0v) is 13.9. The minimum absolute atomic E-state index is 0.00719. The van der Waals surface area contributed by atoms with Crippen LogP contribution in [0.1, 0.15) is 15.9 Å². The number of amides is 1. The SMILES string of the molecule is NCCn1cc(C(=O)N2CCc3c(-c4ccccc4)cccc32)cn1. The minimum atomic E-state index is -0.00719. The van der Waals surface area contributed by atoms with Crippen molar-refractivity contribution >= 4 is 11.6 Å². The molecule has 0 bridgehead atoms. The number of nitrogens with two attached hydrogens (primary N) is 1. The highest BCUT2D eigenvalue weighted by Gasteiger charge is 2.28. The maximum Gasteiger partial charge on any atom is 0.261 e. The van der Waals surface area contributed by atoms with E-state index in [4.69, 9.17) is 5.73 Å². The Balaban J connectivity index is 1.67. The van der Waals surface area contributed by atoms with Gasteiger partial charge in [-0.1, -0.05) is 42.5 Å². The Labute approximate surface area is 146 Å². The normalized spacial score (nSPS) is 13.1. The molecular weight excluding hydrogens is 312 g/mol. The van der Waals surface area contributed by atoms with Crippen LogP contribution in [-0.2, 0) is 13.0 Å². The van der Waals surface area contributed by atoms with E-state index in [0.29, 0.717) is 25.2 Å². The van der Waals surface area contributed by atoms with Crippen molar-refractivity contribution in [3.63, 3.8) is 0 Å². The predicted octanol–water partition coefficient (Wildman–Crippen LogP) is 2.71. The van der Waals surface area contributed by atoms with Crippen molar-refractivity contribution in [1.82, 2.24) is 9.78 Å². The van der Waals surface area contributed by atoms with Crippen molar-refractivity contribution in [2.24, 2.45) is 5.73 Å². The van der Waals surface area contributed by atoms with E-state index in [-0.39, 0.29) is 5.91 Å². The van der Waals surface area contributed by atoms with E-state index >= 15 is 0 Å². The van der Waals surface area contributed by atoms with Crippen LogP contribution in [0.2, 0.25) is 0 Å². The molecule has 2 N–H and O–H groups in total. The van der Waals surface area contributed by atoms with Crippen LogP contribution in [0.15, 0.2) is 60.9 Å². The first-order valence-corrected chi connectivity index (χ1v) is 8.49. The Morgan fingerprint density at radius 2 is 1.96 bits per heavy atom. The summed E-state index contributed by atoms with van der Waals surface area (Å²) in [7, 11) is 0. The summed E-state index contributed by atoms with van der Waals surface area (Å²) in [5.74, 6) is -0.00719. The lowest BCUT2D eigenvalue weighted by atomic mass is 9.98. The van der Waals surface area contributed by atoms with Crippen molar-refractivity contribution in [2.75, 3.05) is 18.0 Å². The highest BCUT2D eigenvalue weighted by Crippen LogP contribution is 2.36. The molecule has 0 saturated heterocycles. The predicted molar refractivity (Wildman–Crippen MR) is 98.5 cm³/mol. The van der Waals surface area contributed by atoms with E-state index in [2.05, 4.69) is 23.3 Å². The first kappa shape index (κ1) is 15.6. The number of benzene rings is 2. The molecule has 0 radical (unpaired) electrons. The molecule has 0 unspecified atom stereocenters. The van der Waals surface area contributed by atoms with Gasteiger partial charge < -0.3 is 10.6 Å². The van der Waals surface area contributed by atoms with Crippen LogP contribution in [0.4, 0.5) is 5.69 Å². The van der Waals surface area contributed by atoms with Gasteiger partial charge in [0.05, 0.1) is 18.3 Å². The number of fused-ring (bicyclic) bond motifs is 1. The first-order valence-electron chi connectivity index (χ1n) is 8.49. The Hall–Kier alpha value is -2.92. The van der Waals surface area contributed by atoms with Gasteiger partial charge in [0, 0.05) is 25.0 Å². The lowest BCUT2D eigenvalue weighted by Crippen LogP contribution is -2.28. The van der Waals surface area contributed by atoms with Gasteiger partial charge in [-0.2, -0.15) is 5.10 Å². The maximum atomic E-state index is 12.9. The first-order chi connectivity index (χ1) is 12.3. The molecule has 5 heteroatoms. The van der Waals surface area contributed by atoms with Crippen LogP contribution < -0.4 is 10.6 Å². The maximum absolute atomic E-state index is 12.9. The molecule has 0 aliphatic carbocycles. The number of carbonyl (C=O) groups excluding carboxylic acids is 1. The van der Waals surface area contributed by atoms with Gasteiger partial charge in [-0.3, -0.25) is 9.48 Å². The van der Waals surface area contributed by atoms with Crippen LogP contribution >= 0.6 is 0 Å². The van der Waals surface area contributed by atoms with Gasteiger partial charge in [0.15, 0.2) is 0 Å². The lowest BCUT2D eigenvalue weighted by Gasteiger charge is -2.17. The van der Waals surface area contributed by atoms with E-state index in [1.165, 1.54) is 16.7 Å². The molecule has 1 aliphatic heterocycles. The number of nitrogens with zero attached hydrogens (tertiary/aromatic N) is 3. The fourth-order valence-corrected chi connectivity index (χ4v) is 3.42. The number of anilines is 1. The second-order valence-electron chi connectivity index (χ2n) is 6.16. The summed E-state index contributed by atoms with van der Waals surface area (Å²) in [5.41, 5.74) is 10.8. The average Bonchev–Trinajstić information content (AvgIpc) is 3.29. The summed E-state index contributed by atoms with van der Waals surface area (Å²) in [6.07, 6.45) is 4.26. The molecule has 25 heavy (non-hydrogen) atoms. The largest absolute Gasteiger partial charge is 0.329 e. The lowest BCUT2D eigenvalue weighted by molar-refractivity contribution is 0.0989. The molecule has 0 fully saturated rings. The molecule has 3 aromatic rings. The molecule has 0 spiro atoms. The van der Waals surface area contributed by atoms with E-state index < -0.39 is 0 Å². The average molecular weight is 332 g/mol. The van der Waals surface area contributed by atoms with Crippen LogP contribution in [-0.4, -0.2) is 28.8 Å². The highest BCUT2D eigenvalue weighted by molar-refractivity contribution is 6.07. The highest BCUT2D eigenvalue weighted by atomic mass is 16.2. The molecule has 0 atom stereocenters. The van der Waals surface area contributed by atoms with E-state index in [9.17, 15) is 4.79 Å².